The Morgan fingerprint density at radius 1 is 1.20 bits per heavy atom. The summed E-state index contributed by atoms with van der Waals surface area (Å²) in [5.74, 6) is -5.14. The summed E-state index contributed by atoms with van der Waals surface area (Å²) in [6, 6.07) is 1.68. The van der Waals surface area contributed by atoms with Gasteiger partial charge in [-0.1, -0.05) is 29.8 Å². The Hall–Kier alpha value is -1.04. The maximum Gasteiger partial charge on any atom is 0.254 e. The fourth-order valence-corrected chi connectivity index (χ4v) is 2.79. The first kappa shape index (κ1) is 17.0. The van der Waals surface area contributed by atoms with Crippen molar-refractivity contribution in [1.82, 2.24) is 5.32 Å². The largest absolute Gasteiger partial charge is 0.351 e. The molecule has 0 unspecified atom stereocenters. The van der Waals surface area contributed by atoms with E-state index in [1.165, 1.54) is 0 Å². The van der Waals surface area contributed by atoms with Gasteiger partial charge in [0.05, 0.1) is 5.56 Å². The van der Waals surface area contributed by atoms with Gasteiger partial charge in [-0.25, -0.2) is 13.2 Å². The van der Waals surface area contributed by atoms with Gasteiger partial charge in [0.25, 0.3) is 5.91 Å². The molecule has 1 rings (SSSR count). The van der Waals surface area contributed by atoms with E-state index in [1.54, 1.807) is 0 Å². The van der Waals surface area contributed by atoms with Gasteiger partial charge in [-0.3, -0.25) is 4.79 Å². The number of amides is 1. The fourth-order valence-electron chi connectivity index (χ4n) is 1.80. The molecule has 1 amide bonds. The molecule has 0 saturated heterocycles. The molecule has 0 spiro atoms. The minimum atomic E-state index is -1.63. The van der Waals surface area contributed by atoms with Crippen molar-refractivity contribution in [2.45, 2.75) is 26.7 Å². The Morgan fingerprint density at radius 3 is 2.30 bits per heavy atom. The molecule has 0 aliphatic rings. The number of halogens is 4. The highest BCUT2D eigenvalue weighted by molar-refractivity contribution is 9.09. The molecule has 2 nitrogen and oxygen atoms in total. The van der Waals surface area contributed by atoms with Crippen molar-refractivity contribution < 1.29 is 18.0 Å². The number of carbonyl (C=O) groups excluding carboxylic acids is 1. The number of benzene rings is 1. The van der Waals surface area contributed by atoms with Crippen LogP contribution in [-0.2, 0) is 0 Å². The van der Waals surface area contributed by atoms with Gasteiger partial charge in [-0.2, -0.15) is 0 Å². The molecule has 6 heteroatoms. The molecule has 0 aromatic heterocycles. The summed E-state index contributed by atoms with van der Waals surface area (Å²) in [6.45, 7) is 4.33. The van der Waals surface area contributed by atoms with Crippen molar-refractivity contribution >= 4 is 21.8 Å². The second-order valence-corrected chi connectivity index (χ2v) is 5.31. The molecule has 0 bridgehead atoms. The third-order valence-electron chi connectivity index (χ3n) is 3.69. The zero-order chi connectivity index (χ0) is 15.3. The predicted octanol–water partition coefficient (Wildman–Crippen LogP) is 4.04. The standard InChI is InChI=1S/C14H17BrF3NO/c1-3-14(4-2,7-15)8-19-13(20)9-5-6-10(16)12(18)11(9)17/h5-6H,3-4,7-8H2,1-2H3,(H,19,20). The molecular weight excluding hydrogens is 335 g/mol. The average molecular weight is 352 g/mol. The highest BCUT2D eigenvalue weighted by Crippen LogP contribution is 2.28. The molecule has 1 N–H and O–H groups in total. The van der Waals surface area contributed by atoms with E-state index in [0.29, 0.717) is 11.9 Å². The topological polar surface area (TPSA) is 29.1 Å². The van der Waals surface area contributed by atoms with Gasteiger partial charge in [0, 0.05) is 11.9 Å². The van der Waals surface area contributed by atoms with Gasteiger partial charge in [0.2, 0.25) is 0 Å². The van der Waals surface area contributed by atoms with Crippen LogP contribution in [0, 0.1) is 22.9 Å². The molecule has 0 fully saturated rings. The van der Waals surface area contributed by atoms with Gasteiger partial charge < -0.3 is 5.32 Å². The molecule has 0 aliphatic heterocycles. The normalized spacial score (nSPS) is 11.5. The molecule has 20 heavy (non-hydrogen) atoms. The van der Waals surface area contributed by atoms with Crippen molar-refractivity contribution in [3.63, 3.8) is 0 Å². The van der Waals surface area contributed by atoms with Crippen molar-refractivity contribution in [2.75, 3.05) is 11.9 Å². The average Bonchev–Trinajstić information content (AvgIpc) is 2.47. The lowest BCUT2D eigenvalue weighted by Crippen LogP contribution is -2.38. The van der Waals surface area contributed by atoms with Crippen LogP contribution in [0.3, 0.4) is 0 Å². The van der Waals surface area contributed by atoms with E-state index in [4.69, 9.17) is 0 Å². The summed E-state index contributed by atoms with van der Waals surface area (Å²) >= 11 is 3.40. The summed E-state index contributed by atoms with van der Waals surface area (Å²) in [6.07, 6.45) is 1.66. The zero-order valence-electron chi connectivity index (χ0n) is 11.4. The minimum absolute atomic E-state index is 0.134. The predicted molar refractivity (Wildman–Crippen MR) is 75.5 cm³/mol. The van der Waals surface area contributed by atoms with Crippen LogP contribution in [0.15, 0.2) is 12.1 Å². The van der Waals surface area contributed by atoms with Crippen LogP contribution in [0.2, 0.25) is 0 Å². The Morgan fingerprint density at radius 2 is 1.80 bits per heavy atom. The van der Waals surface area contributed by atoms with Crippen LogP contribution >= 0.6 is 15.9 Å². The van der Waals surface area contributed by atoms with Crippen molar-refractivity contribution in [1.29, 1.82) is 0 Å². The Bertz CT molecular complexity index is 481. The number of carbonyl (C=O) groups is 1. The lowest BCUT2D eigenvalue weighted by atomic mass is 9.84. The minimum Gasteiger partial charge on any atom is -0.351 e. The number of alkyl halides is 1. The van der Waals surface area contributed by atoms with Crippen molar-refractivity contribution in [2.24, 2.45) is 5.41 Å². The van der Waals surface area contributed by atoms with E-state index < -0.39 is 28.9 Å². The van der Waals surface area contributed by atoms with Crippen LogP contribution in [0.4, 0.5) is 13.2 Å². The molecule has 112 valence electrons. The fraction of sp³-hybridized carbons (Fsp3) is 0.500. The highest BCUT2D eigenvalue weighted by atomic mass is 79.9. The smallest absolute Gasteiger partial charge is 0.254 e. The molecule has 1 aromatic carbocycles. The van der Waals surface area contributed by atoms with Gasteiger partial charge in [0.1, 0.15) is 0 Å². The van der Waals surface area contributed by atoms with Gasteiger partial charge in [-0.05, 0) is 30.4 Å². The summed E-state index contributed by atoms with van der Waals surface area (Å²) in [5.41, 5.74) is -0.621. The van der Waals surface area contributed by atoms with E-state index in [2.05, 4.69) is 21.2 Å². The zero-order valence-corrected chi connectivity index (χ0v) is 13.0. The van der Waals surface area contributed by atoms with E-state index in [-0.39, 0.29) is 5.41 Å². The maximum absolute atomic E-state index is 13.5. The van der Waals surface area contributed by atoms with Crippen LogP contribution in [0.25, 0.3) is 0 Å². The number of rotatable bonds is 6. The lowest BCUT2D eigenvalue weighted by Gasteiger charge is -2.29. The first-order chi connectivity index (χ1) is 9.40. The lowest BCUT2D eigenvalue weighted by molar-refractivity contribution is 0.0927. The molecule has 1 aromatic rings. The van der Waals surface area contributed by atoms with Crippen LogP contribution in [0.5, 0.6) is 0 Å². The van der Waals surface area contributed by atoms with E-state index in [9.17, 15) is 18.0 Å². The summed E-state index contributed by atoms with van der Waals surface area (Å²) in [5, 5.41) is 3.27. The van der Waals surface area contributed by atoms with Gasteiger partial charge in [-0.15, -0.1) is 0 Å². The SMILES string of the molecule is CCC(CC)(CBr)CNC(=O)c1ccc(F)c(F)c1F. The van der Waals surface area contributed by atoms with Crippen LogP contribution in [-0.4, -0.2) is 17.8 Å². The summed E-state index contributed by atoms with van der Waals surface area (Å²) < 4.78 is 39.4. The Labute approximate surface area is 124 Å². The molecule has 0 heterocycles. The molecule has 0 radical (unpaired) electrons. The maximum atomic E-state index is 13.5. The summed E-state index contributed by atoms with van der Waals surface area (Å²) in [7, 11) is 0. The van der Waals surface area contributed by atoms with Gasteiger partial charge in [0.15, 0.2) is 17.5 Å². The first-order valence-corrected chi connectivity index (χ1v) is 7.50. The third-order valence-corrected chi connectivity index (χ3v) is 4.88. The number of nitrogens with one attached hydrogen (secondary N) is 1. The van der Waals surface area contributed by atoms with Gasteiger partial charge >= 0.3 is 0 Å². The quantitative estimate of drug-likeness (QED) is 0.608. The second-order valence-electron chi connectivity index (χ2n) is 4.75. The Kier molecular flexibility index (Phi) is 6.05. The highest BCUT2D eigenvalue weighted by Gasteiger charge is 2.26. The van der Waals surface area contributed by atoms with E-state index in [0.717, 1.165) is 25.0 Å². The number of hydrogen-bond donors (Lipinski definition) is 1. The monoisotopic (exact) mass is 351 g/mol. The summed E-state index contributed by atoms with van der Waals surface area (Å²) in [4.78, 5) is 11.9. The van der Waals surface area contributed by atoms with E-state index in [1.807, 2.05) is 13.8 Å². The van der Waals surface area contributed by atoms with E-state index >= 15 is 0 Å². The molecular formula is C14H17BrF3NO. The molecule has 0 atom stereocenters. The second kappa shape index (κ2) is 7.11. The van der Waals surface area contributed by atoms with Crippen molar-refractivity contribution in [3.05, 3.63) is 35.1 Å². The number of hydrogen-bond acceptors (Lipinski definition) is 1. The van der Waals surface area contributed by atoms with Crippen LogP contribution < -0.4 is 5.32 Å². The third kappa shape index (κ3) is 3.53. The molecule has 0 aliphatic carbocycles. The van der Waals surface area contributed by atoms with Crippen molar-refractivity contribution in [3.8, 4) is 0 Å². The Balaban J connectivity index is 2.85. The first-order valence-electron chi connectivity index (χ1n) is 6.38. The molecule has 0 saturated carbocycles. The van der Waals surface area contributed by atoms with Crippen LogP contribution in [0.1, 0.15) is 37.0 Å².